The zero-order chi connectivity index (χ0) is 13.3. The van der Waals surface area contributed by atoms with E-state index in [4.69, 9.17) is 5.73 Å². The molecule has 0 aliphatic carbocycles. The Kier molecular flexibility index (Phi) is 3.71. The highest BCUT2D eigenvalue weighted by molar-refractivity contribution is 9.10. The maximum atomic E-state index is 13.2. The summed E-state index contributed by atoms with van der Waals surface area (Å²) >= 11 is 3.17. The second kappa shape index (κ2) is 5.10. The highest BCUT2D eigenvalue weighted by Gasteiger charge is 2.12. The van der Waals surface area contributed by atoms with Crippen molar-refractivity contribution in [3.05, 3.63) is 34.7 Å². The van der Waals surface area contributed by atoms with E-state index in [1.165, 1.54) is 6.07 Å². The van der Waals surface area contributed by atoms with Crippen molar-refractivity contribution in [2.75, 3.05) is 5.73 Å². The first-order chi connectivity index (χ1) is 8.52. The molecular weight excluding hydrogens is 297 g/mol. The van der Waals surface area contributed by atoms with Crippen molar-refractivity contribution in [3.63, 3.8) is 0 Å². The molecule has 0 aliphatic rings. The van der Waals surface area contributed by atoms with Gasteiger partial charge in [-0.05, 0) is 47.5 Å². The maximum absolute atomic E-state index is 13.2. The van der Waals surface area contributed by atoms with Crippen LogP contribution in [0.15, 0.2) is 28.9 Å². The van der Waals surface area contributed by atoms with Gasteiger partial charge in [0.1, 0.15) is 11.5 Å². The fourth-order valence-electron chi connectivity index (χ4n) is 1.69. The van der Waals surface area contributed by atoms with Gasteiger partial charge in [0.15, 0.2) is 0 Å². The van der Waals surface area contributed by atoms with Crippen molar-refractivity contribution in [2.45, 2.75) is 26.3 Å². The quantitative estimate of drug-likeness (QED) is 0.931. The van der Waals surface area contributed by atoms with E-state index in [9.17, 15) is 4.39 Å². The van der Waals surface area contributed by atoms with Gasteiger partial charge in [-0.3, -0.25) is 4.68 Å². The zero-order valence-corrected chi connectivity index (χ0v) is 11.9. The third-order valence-electron chi connectivity index (χ3n) is 3.00. The van der Waals surface area contributed by atoms with Crippen LogP contribution in [0.3, 0.4) is 0 Å². The molecule has 0 saturated heterocycles. The van der Waals surface area contributed by atoms with Gasteiger partial charge in [-0.25, -0.2) is 4.39 Å². The second-order valence-corrected chi connectivity index (χ2v) is 5.15. The van der Waals surface area contributed by atoms with Crippen LogP contribution in [-0.4, -0.2) is 9.78 Å². The molecule has 5 heteroatoms. The van der Waals surface area contributed by atoms with Crippen LogP contribution >= 0.6 is 15.9 Å². The van der Waals surface area contributed by atoms with E-state index in [0.29, 0.717) is 21.9 Å². The van der Waals surface area contributed by atoms with Crippen molar-refractivity contribution >= 4 is 21.6 Å². The molecule has 1 atom stereocenters. The lowest BCUT2D eigenvalue weighted by molar-refractivity contribution is 0.479. The van der Waals surface area contributed by atoms with Gasteiger partial charge in [0, 0.05) is 17.8 Å². The summed E-state index contributed by atoms with van der Waals surface area (Å²) in [6, 6.07) is 5.07. The summed E-state index contributed by atoms with van der Waals surface area (Å²) in [5.74, 6) is -0.293. The first-order valence-corrected chi connectivity index (χ1v) is 6.62. The first-order valence-electron chi connectivity index (χ1n) is 5.83. The Morgan fingerprint density at radius 2 is 2.22 bits per heavy atom. The number of nitrogen functional groups attached to an aromatic ring is 1. The van der Waals surface area contributed by atoms with Crippen LogP contribution in [0.4, 0.5) is 10.1 Å². The van der Waals surface area contributed by atoms with E-state index in [1.54, 1.807) is 12.1 Å². The first kappa shape index (κ1) is 13.1. The van der Waals surface area contributed by atoms with Crippen LogP contribution in [0.1, 0.15) is 26.3 Å². The molecule has 0 amide bonds. The molecule has 0 fully saturated rings. The Hall–Kier alpha value is -1.36. The number of aromatic nitrogens is 2. The highest BCUT2D eigenvalue weighted by Crippen LogP contribution is 2.29. The number of nitrogens with two attached hydrogens (primary N) is 1. The van der Waals surface area contributed by atoms with E-state index in [1.807, 2.05) is 10.9 Å². The van der Waals surface area contributed by atoms with E-state index in [-0.39, 0.29) is 5.82 Å². The van der Waals surface area contributed by atoms with E-state index in [0.717, 1.165) is 12.0 Å². The smallest absolute Gasteiger partial charge is 0.137 e. The fourth-order valence-corrected chi connectivity index (χ4v) is 2.07. The third-order valence-corrected chi connectivity index (χ3v) is 3.60. The molecule has 18 heavy (non-hydrogen) atoms. The fraction of sp³-hybridized carbons (Fsp3) is 0.308. The van der Waals surface area contributed by atoms with Gasteiger partial charge in [0.25, 0.3) is 0 Å². The predicted molar refractivity (Wildman–Crippen MR) is 74.7 cm³/mol. The summed E-state index contributed by atoms with van der Waals surface area (Å²) in [7, 11) is 0. The zero-order valence-electron chi connectivity index (χ0n) is 10.3. The SMILES string of the molecule is CCC(C)n1cc(N)c(-c2ccc(F)c(Br)c2)n1. The standard InChI is InChI=1S/C13H15BrFN3/c1-3-8(2)18-7-12(16)13(17-18)9-4-5-11(15)10(14)6-9/h4-8H,3,16H2,1-2H3. The van der Waals surface area contributed by atoms with Gasteiger partial charge >= 0.3 is 0 Å². The number of benzene rings is 1. The average molecular weight is 312 g/mol. The highest BCUT2D eigenvalue weighted by atomic mass is 79.9. The third kappa shape index (κ3) is 2.41. The minimum atomic E-state index is -0.293. The van der Waals surface area contributed by atoms with Crippen molar-refractivity contribution in [2.24, 2.45) is 0 Å². The van der Waals surface area contributed by atoms with Gasteiger partial charge in [-0.1, -0.05) is 6.92 Å². The molecule has 96 valence electrons. The molecule has 1 aromatic heterocycles. The Bertz CT molecular complexity index is 565. The molecule has 1 heterocycles. The Labute approximate surface area is 114 Å². The molecule has 1 unspecified atom stereocenters. The molecule has 3 nitrogen and oxygen atoms in total. The molecular formula is C13H15BrFN3. The molecule has 0 spiro atoms. The number of anilines is 1. The summed E-state index contributed by atoms with van der Waals surface area (Å²) in [6.07, 6.45) is 2.80. The normalized spacial score (nSPS) is 12.7. The van der Waals surface area contributed by atoms with E-state index in [2.05, 4.69) is 34.9 Å². The number of halogens is 2. The lowest BCUT2D eigenvalue weighted by Gasteiger charge is -2.07. The van der Waals surface area contributed by atoms with E-state index < -0.39 is 0 Å². The molecule has 0 saturated carbocycles. The van der Waals surface area contributed by atoms with E-state index >= 15 is 0 Å². The Morgan fingerprint density at radius 3 is 2.83 bits per heavy atom. The second-order valence-electron chi connectivity index (χ2n) is 4.30. The van der Waals surface area contributed by atoms with Crippen LogP contribution < -0.4 is 5.73 Å². The lowest BCUT2D eigenvalue weighted by atomic mass is 10.1. The van der Waals surface area contributed by atoms with Crippen molar-refractivity contribution in [3.8, 4) is 11.3 Å². The van der Waals surface area contributed by atoms with Crippen molar-refractivity contribution in [1.82, 2.24) is 9.78 Å². The molecule has 0 radical (unpaired) electrons. The lowest BCUT2D eigenvalue weighted by Crippen LogP contribution is -2.04. The molecule has 2 N–H and O–H groups in total. The summed E-state index contributed by atoms with van der Waals surface area (Å²) in [4.78, 5) is 0. The van der Waals surface area contributed by atoms with Crippen LogP contribution in [0.5, 0.6) is 0 Å². The van der Waals surface area contributed by atoms with Gasteiger partial charge in [-0.2, -0.15) is 5.10 Å². The van der Waals surface area contributed by atoms with Crippen LogP contribution in [-0.2, 0) is 0 Å². The molecule has 1 aromatic carbocycles. The molecule has 2 rings (SSSR count). The summed E-state index contributed by atoms with van der Waals surface area (Å²) < 4.78 is 15.5. The van der Waals surface area contributed by atoms with Crippen LogP contribution in [0.2, 0.25) is 0 Å². The number of hydrogen-bond donors (Lipinski definition) is 1. The number of hydrogen-bond acceptors (Lipinski definition) is 2. The predicted octanol–water partition coefficient (Wildman–Crippen LogP) is 4.00. The molecule has 0 bridgehead atoms. The van der Waals surface area contributed by atoms with Crippen LogP contribution in [0, 0.1) is 5.82 Å². The minimum absolute atomic E-state index is 0.293. The monoisotopic (exact) mass is 311 g/mol. The van der Waals surface area contributed by atoms with Gasteiger partial charge in [0.2, 0.25) is 0 Å². The largest absolute Gasteiger partial charge is 0.396 e. The summed E-state index contributed by atoms with van der Waals surface area (Å²) in [5, 5.41) is 4.47. The molecule has 2 aromatic rings. The van der Waals surface area contributed by atoms with Crippen molar-refractivity contribution in [1.29, 1.82) is 0 Å². The minimum Gasteiger partial charge on any atom is -0.396 e. The Morgan fingerprint density at radius 1 is 1.50 bits per heavy atom. The average Bonchev–Trinajstić information content (AvgIpc) is 2.74. The summed E-state index contributed by atoms with van der Waals surface area (Å²) in [5.41, 5.74) is 8.07. The van der Waals surface area contributed by atoms with Gasteiger partial charge in [-0.15, -0.1) is 0 Å². The maximum Gasteiger partial charge on any atom is 0.137 e. The van der Waals surface area contributed by atoms with Gasteiger partial charge in [0.05, 0.1) is 10.2 Å². The van der Waals surface area contributed by atoms with Gasteiger partial charge < -0.3 is 5.73 Å². The summed E-state index contributed by atoms with van der Waals surface area (Å²) in [6.45, 7) is 4.17. The number of rotatable bonds is 3. The number of nitrogens with zero attached hydrogens (tertiary/aromatic N) is 2. The molecule has 0 aliphatic heterocycles. The van der Waals surface area contributed by atoms with Crippen LogP contribution in [0.25, 0.3) is 11.3 Å². The topological polar surface area (TPSA) is 43.8 Å². The Balaban J connectivity index is 2.44. The van der Waals surface area contributed by atoms with Crippen molar-refractivity contribution < 1.29 is 4.39 Å².